The average Bonchev–Trinajstić information content (AvgIpc) is 2.55. The number of nitrogens with one attached hydrogen (secondary N) is 2. The highest BCUT2D eigenvalue weighted by Crippen LogP contribution is 2.25. The Hall–Kier alpha value is -3.61. The number of pyridine rings is 1. The summed E-state index contributed by atoms with van der Waals surface area (Å²) in [5.74, 6) is -1.99. The van der Waals surface area contributed by atoms with Crippen LogP contribution in [0.2, 0.25) is 0 Å². The average molecular weight is 323 g/mol. The lowest BCUT2D eigenvalue weighted by molar-refractivity contribution is 0.100. The molecule has 0 saturated heterocycles. The Labute approximate surface area is 135 Å². The molecule has 2 amide bonds. The number of fused-ring (bicyclic) bond motifs is 1. The normalized spacial score (nSPS) is 10.5. The minimum atomic E-state index is -0.840. The lowest BCUT2D eigenvalue weighted by Crippen LogP contribution is -2.25. The summed E-state index contributed by atoms with van der Waals surface area (Å²) >= 11 is 0. The van der Waals surface area contributed by atoms with E-state index in [0.717, 1.165) is 0 Å². The maximum absolute atomic E-state index is 12.4. The molecule has 2 aromatic carbocycles. The van der Waals surface area contributed by atoms with E-state index in [-0.39, 0.29) is 11.3 Å². The van der Waals surface area contributed by atoms with E-state index < -0.39 is 28.7 Å². The highest BCUT2D eigenvalue weighted by molar-refractivity contribution is 6.11. The number of rotatable bonds is 3. The van der Waals surface area contributed by atoms with Gasteiger partial charge in [-0.3, -0.25) is 14.4 Å². The van der Waals surface area contributed by atoms with Crippen molar-refractivity contribution in [3.05, 3.63) is 70.0 Å². The van der Waals surface area contributed by atoms with Crippen molar-refractivity contribution >= 4 is 28.4 Å². The third-order valence-electron chi connectivity index (χ3n) is 3.56. The molecule has 3 rings (SSSR count). The quantitative estimate of drug-likeness (QED) is 0.584. The van der Waals surface area contributed by atoms with Gasteiger partial charge in [-0.25, -0.2) is 0 Å². The molecule has 0 radical (unpaired) electrons. The summed E-state index contributed by atoms with van der Waals surface area (Å²) in [6.07, 6.45) is 0. The van der Waals surface area contributed by atoms with Crippen LogP contribution in [0.3, 0.4) is 0 Å². The number of para-hydroxylation sites is 2. The van der Waals surface area contributed by atoms with Crippen molar-refractivity contribution in [3.8, 4) is 5.75 Å². The number of benzene rings is 2. The second-order valence-corrected chi connectivity index (χ2v) is 5.09. The van der Waals surface area contributed by atoms with Crippen LogP contribution in [0.25, 0.3) is 10.9 Å². The first kappa shape index (κ1) is 15.3. The SMILES string of the molecule is NC(=O)c1ccccc1NC(=O)c1c(O)c2ccccc2[nH]c1=O. The molecule has 0 bridgehead atoms. The number of nitrogens with two attached hydrogens (primary N) is 1. The summed E-state index contributed by atoms with van der Waals surface area (Å²) in [4.78, 5) is 38.5. The Morgan fingerprint density at radius 2 is 1.71 bits per heavy atom. The van der Waals surface area contributed by atoms with Crippen LogP contribution in [0.5, 0.6) is 5.75 Å². The fourth-order valence-corrected chi connectivity index (χ4v) is 2.43. The van der Waals surface area contributed by atoms with Crippen LogP contribution in [0.1, 0.15) is 20.7 Å². The van der Waals surface area contributed by atoms with E-state index in [1.165, 1.54) is 12.1 Å². The molecule has 0 spiro atoms. The van der Waals surface area contributed by atoms with Crippen molar-refractivity contribution in [2.45, 2.75) is 0 Å². The smallest absolute Gasteiger partial charge is 0.265 e. The van der Waals surface area contributed by atoms with E-state index >= 15 is 0 Å². The molecule has 0 unspecified atom stereocenters. The lowest BCUT2D eigenvalue weighted by atomic mass is 10.1. The summed E-state index contributed by atoms with van der Waals surface area (Å²) in [6, 6.07) is 12.7. The molecule has 1 heterocycles. The number of aromatic nitrogens is 1. The van der Waals surface area contributed by atoms with Crippen LogP contribution in [0.15, 0.2) is 53.3 Å². The van der Waals surface area contributed by atoms with Gasteiger partial charge in [-0.1, -0.05) is 24.3 Å². The summed E-state index contributed by atoms with van der Waals surface area (Å²) < 4.78 is 0. The van der Waals surface area contributed by atoms with Gasteiger partial charge in [0.05, 0.1) is 16.8 Å². The molecule has 0 aliphatic rings. The van der Waals surface area contributed by atoms with Crippen molar-refractivity contribution in [1.29, 1.82) is 0 Å². The van der Waals surface area contributed by atoms with Gasteiger partial charge in [-0.05, 0) is 24.3 Å². The van der Waals surface area contributed by atoms with E-state index in [1.807, 2.05) is 0 Å². The standard InChI is InChI=1S/C17H13N3O4/c18-15(22)10-6-2-4-8-12(10)20-17(24)13-14(21)9-5-1-3-7-11(9)19-16(13)23/h1-8H,(H2,18,22)(H,20,24)(H2,19,21,23). The van der Waals surface area contributed by atoms with Gasteiger partial charge in [0, 0.05) is 5.39 Å². The molecule has 0 saturated carbocycles. The maximum atomic E-state index is 12.4. The second kappa shape index (κ2) is 5.88. The van der Waals surface area contributed by atoms with E-state index in [0.29, 0.717) is 10.9 Å². The van der Waals surface area contributed by atoms with Crippen LogP contribution in [0.4, 0.5) is 5.69 Å². The Bertz CT molecular complexity index is 1020. The van der Waals surface area contributed by atoms with Gasteiger partial charge < -0.3 is 21.1 Å². The highest BCUT2D eigenvalue weighted by atomic mass is 16.3. The summed E-state index contributed by atoms with van der Waals surface area (Å²) in [7, 11) is 0. The summed E-state index contributed by atoms with van der Waals surface area (Å²) in [6.45, 7) is 0. The zero-order chi connectivity index (χ0) is 17.3. The molecular weight excluding hydrogens is 310 g/mol. The predicted octanol–water partition coefficient (Wildman–Crippen LogP) is 1.58. The Morgan fingerprint density at radius 3 is 2.46 bits per heavy atom. The first-order chi connectivity index (χ1) is 11.5. The van der Waals surface area contributed by atoms with Gasteiger partial charge in [0.25, 0.3) is 17.4 Å². The predicted molar refractivity (Wildman–Crippen MR) is 89.1 cm³/mol. The molecule has 3 aromatic rings. The summed E-state index contributed by atoms with van der Waals surface area (Å²) in [5, 5.41) is 13.1. The first-order valence-corrected chi connectivity index (χ1v) is 7.03. The number of carbonyl (C=O) groups is 2. The van der Waals surface area contributed by atoms with E-state index in [2.05, 4.69) is 10.3 Å². The molecule has 0 atom stereocenters. The van der Waals surface area contributed by atoms with Crippen molar-refractivity contribution in [2.75, 3.05) is 5.32 Å². The zero-order valence-electron chi connectivity index (χ0n) is 12.4. The molecule has 120 valence electrons. The number of primary amides is 1. The monoisotopic (exact) mass is 323 g/mol. The van der Waals surface area contributed by atoms with Gasteiger partial charge in [0.1, 0.15) is 11.3 Å². The minimum Gasteiger partial charge on any atom is -0.506 e. The number of hydrogen-bond donors (Lipinski definition) is 4. The van der Waals surface area contributed by atoms with Crippen molar-refractivity contribution in [1.82, 2.24) is 4.98 Å². The largest absolute Gasteiger partial charge is 0.506 e. The molecular formula is C17H13N3O4. The van der Waals surface area contributed by atoms with E-state index in [4.69, 9.17) is 5.73 Å². The van der Waals surface area contributed by atoms with Gasteiger partial charge in [-0.15, -0.1) is 0 Å². The van der Waals surface area contributed by atoms with Gasteiger partial charge in [-0.2, -0.15) is 0 Å². The molecule has 0 aliphatic carbocycles. The molecule has 7 nitrogen and oxygen atoms in total. The maximum Gasteiger partial charge on any atom is 0.265 e. The minimum absolute atomic E-state index is 0.0996. The van der Waals surface area contributed by atoms with Crippen molar-refractivity contribution in [3.63, 3.8) is 0 Å². The Morgan fingerprint density at radius 1 is 1.04 bits per heavy atom. The molecule has 7 heteroatoms. The zero-order valence-corrected chi connectivity index (χ0v) is 12.4. The van der Waals surface area contributed by atoms with Crippen molar-refractivity contribution < 1.29 is 14.7 Å². The number of anilines is 1. The van der Waals surface area contributed by atoms with Crippen LogP contribution in [-0.2, 0) is 0 Å². The lowest BCUT2D eigenvalue weighted by Gasteiger charge is -2.10. The molecule has 1 aromatic heterocycles. The number of aromatic hydroxyl groups is 1. The fraction of sp³-hybridized carbons (Fsp3) is 0. The summed E-state index contributed by atoms with van der Waals surface area (Å²) in [5.41, 5.74) is 4.75. The molecule has 24 heavy (non-hydrogen) atoms. The van der Waals surface area contributed by atoms with Gasteiger partial charge in [0.2, 0.25) is 0 Å². The fourth-order valence-electron chi connectivity index (χ4n) is 2.43. The number of aromatic amines is 1. The van der Waals surface area contributed by atoms with Crippen LogP contribution in [0, 0.1) is 0 Å². The van der Waals surface area contributed by atoms with Gasteiger partial charge in [0.15, 0.2) is 0 Å². The topological polar surface area (TPSA) is 125 Å². The van der Waals surface area contributed by atoms with Gasteiger partial charge >= 0.3 is 0 Å². The number of H-pyrrole nitrogens is 1. The molecule has 0 fully saturated rings. The third kappa shape index (κ3) is 2.58. The number of carbonyl (C=O) groups excluding carboxylic acids is 2. The molecule has 0 aliphatic heterocycles. The first-order valence-electron chi connectivity index (χ1n) is 7.03. The second-order valence-electron chi connectivity index (χ2n) is 5.09. The molecule has 5 N–H and O–H groups in total. The van der Waals surface area contributed by atoms with Crippen LogP contribution in [-0.4, -0.2) is 21.9 Å². The number of hydrogen-bond acceptors (Lipinski definition) is 4. The van der Waals surface area contributed by atoms with E-state index in [9.17, 15) is 19.5 Å². The van der Waals surface area contributed by atoms with Crippen molar-refractivity contribution in [2.24, 2.45) is 5.73 Å². The van der Waals surface area contributed by atoms with Crippen LogP contribution >= 0.6 is 0 Å². The number of amides is 2. The van der Waals surface area contributed by atoms with E-state index in [1.54, 1.807) is 36.4 Å². The Kier molecular flexibility index (Phi) is 3.75. The highest BCUT2D eigenvalue weighted by Gasteiger charge is 2.20. The third-order valence-corrected chi connectivity index (χ3v) is 3.56. The van der Waals surface area contributed by atoms with Crippen LogP contribution < -0.4 is 16.6 Å². The Balaban J connectivity index is 2.07.